The molecule has 2 aliphatic heterocycles. The molecule has 0 aromatic rings. The Kier molecular flexibility index (Phi) is 2.41. The summed E-state index contributed by atoms with van der Waals surface area (Å²) < 4.78 is 5.68. The van der Waals surface area contributed by atoms with Gasteiger partial charge in [-0.2, -0.15) is 0 Å². The van der Waals surface area contributed by atoms with E-state index in [9.17, 15) is 0 Å². The normalized spacial score (nSPS) is 39.3. The average molecular weight is 156 g/mol. The lowest BCUT2D eigenvalue weighted by atomic mass is 9.95. The van der Waals surface area contributed by atoms with Crippen LogP contribution in [-0.2, 0) is 4.74 Å². The maximum atomic E-state index is 5.68. The van der Waals surface area contributed by atoms with Gasteiger partial charge in [-0.25, -0.2) is 0 Å². The summed E-state index contributed by atoms with van der Waals surface area (Å²) >= 11 is 0. The quantitative estimate of drug-likeness (QED) is 0.500. The van der Waals surface area contributed by atoms with Gasteiger partial charge in [-0.1, -0.05) is 0 Å². The minimum Gasteiger partial charge on any atom is -0.375 e. The average Bonchev–Trinajstić information content (AvgIpc) is 2.28. The zero-order valence-corrected chi connectivity index (χ0v) is 6.81. The summed E-state index contributed by atoms with van der Waals surface area (Å²) in [6, 6.07) is 0. The Morgan fingerprint density at radius 1 is 1.09 bits per heavy atom. The fraction of sp³-hybridized carbons (Fsp3) is 1.00. The molecule has 11 heavy (non-hydrogen) atoms. The van der Waals surface area contributed by atoms with Crippen molar-refractivity contribution in [2.75, 3.05) is 32.8 Å². The van der Waals surface area contributed by atoms with Crippen molar-refractivity contribution < 1.29 is 4.74 Å². The number of hydrogen-bond acceptors (Lipinski definition) is 3. The van der Waals surface area contributed by atoms with Crippen LogP contribution in [0.2, 0.25) is 0 Å². The van der Waals surface area contributed by atoms with Gasteiger partial charge in [0.05, 0.1) is 12.7 Å². The predicted octanol–water partition coefficient (Wildman–Crippen LogP) is -0.416. The molecule has 64 valence electrons. The van der Waals surface area contributed by atoms with E-state index < -0.39 is 0 Å². The van der Waals surface area contributed by atoms with Crippen LogP contribution in [0.4, 0.5) is 0 Å². The topological polar surface area (TPSA) is 33.3 Å². The lowest BCUT2D eigenvalue weighted by Gasteiger charge is -2.29. The summed E-state index contributed by atoms with van der Waals surface area (Å²) in [5.41, 5.74) is 0. The van der Waals surface area contributed by atoms with Gasteiger partial charge in [-0.15, -0.1) is 0 Å². The largest absolute Gasteiger partial charge is 0.375 e. The molecule has 0 spiro atoms. The first-order chi connectivity index (χ1) is 5.47. The lowest BCUT2D eigenvalue weighted by molar-refractivity contribution is 0.0179. The van der Waals surface area contributed by atoms with Crippen molar-refractivity contribution in [3.63, 3.8) is 0 Å². The smallest absolute Gasteiger partial charge is 0.0740 e. The molecule has 2 atom stereocenters. The highest BCUT2D eigenvalue weighted by Gasteiger charge is 2.26. The third-order valence-corrected chi connectivity index (χ3v) is 2.58. The van der Waals surface area contributed by atoms with Gasteiger partial charge in [-0.3, -0.25) is 0 Å². The molecule has 2 heterocycles. The van der Waals surface area contributed by atoms with Crippen molar-refractivity contribution >= 4 is 0 Å². The number of rotatable bonds is 0. The highest BCUT2D eigenvalue weighted by atomic mass is 16.5. The Balaban J connectivity index is 1.93. The third kappa shape index (κ3) is 1.72. The SMILES string of the molecule is C1CO[C@H]2CNCC[C@H]2CN1. The van der Waals surface area contributed by atoms with Crippen LogP contribution >= 0.6 is 0 Å². The standard InChI is InChI=1S/C8H16N2O/c1-2-9-6-8-7(1)5-10-3-4-11-8/h7-10H,1-6H2/t7-,8-/m0/s1. The van der Waals surface area contributed by atoms with Crippen molar-refractivity contribution in [3.05, 3.63) is 0 Å². The van der Waals surface area contributed by atoms with E-state index in [4.69, 9.17) is 4.74 Å². The third-order valence-electron chi connectivity index (χ3n) is 2.58. The number of ether oxygens (including phenoxy) is 1. The van der Waals surface area contributed by atoms with Crippen molar-refractivity contribution in [2.45, 2.75) is 12.5 Å². The molecule has 0 saturated carbocycles. The first-order valence-corrected chi connectivity index (χ1v) is 4.50. The van der Waals surface area contributed by atoms with Gasteiger partial charge in [0.1, 0.15) is 0 Å². The predicted molar refractivity (Wildman–Crippen MR) is 43.6 cm³/mol. The highest BCUT2D eigenvalue weighted by molar-refractivity contribution is 4.81. The molecule has 2 saturated heterocycles. The van der Waals surface area contributed by atoms with E-state index in [1.54, 1.807) is 0 Å². The number of hydrogen-bond donors (Lipinski definition) is 2. The highest BCUT2D eigenvalue weighted by Crippen LogP contribution is 2.16. The zero-order valence-electron chi connectivity index (χ0n) is 6.81. The zero-order chi connectivity index (χ0) is 7.52. The number of fused-ring (bicyclic) bond motifs is 1. The molecule has 0 aromatic heterocycles. The Hall–Kier alpha value is -0.120. The maximum absolute atomic E-state index is 5.68. The monoisotopic (exact) mass is 156 g/mol. The minimum atomic E-state index is 0.471. The van der Waals surface area contributed by atoms with Crippen LogP contribution in [0.5, 0.6) is 0 Å². The Morgan fingerprint density at radius 3 is 3.00 bits per heavy atom. The summed E-state index contributed by atoms with van der Waals surface area (Å²) in [4.78, 5) is 0. The summed E-state index contributed by atoms with van der Waals surface area (Å²) in [7, 11) is 0. The molecule has 3 nitrogen and oxygen atoms in total. The Bertz CT molecular complexity index is 115. The molecule has 0 bridgehead atoms. The molecule has 0 radical (unpaired) electrons. The molecule has 0 aliphatic carbocycles. The summed E-state index contributed by atoms with van der Waals surface area (Å²) in [5, 5.41) is 6.75. The molecule has 2 aliphatic rings. The van der Waals surface area contributed by atoms with E-state index in [0.29, 0.717) is 6.10 Å². The van der Waals surface area contributed by atoms with Crippen LogP contribution in [0.25, 0.3) is 0 Å². The molecule has 0 amide bonds. The second-order valence-corrected chi connectivity index (χ2v) is 3.37. The van der Waals surface area contributed by atoms with Crippen LogP contribution < -0.4 is 10.6 Å². The van der Waals surface area contributed by atoms with E-state index in [0.717, 1.165) is 38.7 Å². The molecular formula is C8H16N2O. The number of nitrogens with one attached hydrogen (secondary N) is 2. The molecule has 2 rings (SSSR count). The summed E-state index contributed by atoms with van der Waals surface area (Å²) in [6.45, 7) is 5.25. The molecule has 0 aromatic carbocycles. The molecule has 3 heteroatoms. The van der Waals surface area contributed by atoms with Crippen molar-refractivity contribution in [1.29, 1.82) is 0 Å². The van der Waals surface area contributed by atoms with Gasteiger partial charge < -0.3 is 15.4 Å². The fourth-order valence-electron chi connectivity index (χ4n) is 1.88. The molecule has 2 fully saturated rings. The van der Waals surface area contributed by atoms with Crippen LogP contribution in [0.3, 0.4) is 0 Å². The fourth-order valence-corrected chi connectivity index (χ4v) is 1.88. The van der Waals surface area contributed by atoms with Crippen molar-refractivity contribution in [3.8, 4) is 0 Å². The van der Waals surface area contributed by atoms with Crippen LogP contribution in [0, 0.1) is 5.92 Å². The van der Waals surface area contributed by atoms with Crippen molar-refractivity contribution in [2.24, 2.45) is 5.92 Å². The van der Waals surface area contributed by atoms with Gasteiger partial charge >= 0.3 is 0 Å². The van der Waals surface area contributed by atoms with Gasteiger partial charge in [0.2, 0.25) is 0 Å². The summed E-state index contributed by atoms with van der Waals surface area (Å²) in [6.07, 6.45) is 1.73. The minimum absolute atomic E-state index is 0.471. The molecule has 2 N–H and O–H groups in total. The maximum Gasteiger partial charge on any atom is 0.0740 e. The second-order valence-electron chi connectivity index (χ2n) is 3.37. The lowest BCUT2D eigenvalue weighted by Crippen LogP contribution is -2.43. The van der Waals surface area contributed by atoms with Crippen LogP contribution in [-0.4, -0.2) is 38.9 Å². The van der Waals surface area contributed by atoms with Gasteiger partial charge in [0.15, 0.2) is 0 Å². The van der Waals surface area contributed by atoms with Gasteiger partial charge in [0, 0.05) is 25.6 Å². The Labute approximate surface area is 67.5 Å². The van der Waals surface area contributed by atoms with E-state index >= 15 is 0 Å². The van der Waals surface area contributed by atoms with E-state index in [1.165, 1.54) is 6.42 Å². The van der Waals surface area contributed by atoms with Gasteiger partial charge in [0.25, 0.3) is 0 Å². The number of piperidine rings is 1. The van der Waals surface area contributed by atoms with E-state index in [2.05, 4.69) is 10.6 Å². The van der Waals surface area contributed by atoms with Crippen LogP contribution in [0.15, 0.2) is 0 Å². The summed E-state index contributed by atoms with van der Waals surface area (Å²) in [5.74, 6) is 0.749. The van der Waals surface area contributed by atoms with Crippen molar-refractivity contribution in [1.82, 2.24) is 10.6 Å². The molecular weight excluding hydrogens is 140 g/mol. The Morgan fingerprint density at radius 2 is 2.00 bits per heavy atom. The second kappa shape index (κ2) is 3.52. The molecule has 0 unspecified atom stereocenters. The van der Waals surface area contributed by atoms with Gasteiger partial charge in [-0.05, 0) is 13.0 Å². The van der Waals surface area contributed by atoms with E-state index in [1.807, 2.05) is 0 Å². The first-order valence-electron chi connectivity index (χ1n) is 4.50. The first kappa shape index (κ1) is 7.53. The van der Waals surface area contributed by atoms with E-state index in [-0.39, 0.29) is 0 Å². The van der Waals surface area contributed by atoms with Crippen LogP contribution in [0.1, 0.15) is 6.42 Å².